The molecule has 3 nitrogen and oxygen atoms in total. The molecular formula is C47H30FN3. The fourth-order valence-electron chi connectivity index (χ4n) is 9.19. The van der Waals surface area contributed by atoms with Gasteiger partial charge in [0.05, 0.1) is 22.2 Å². The van der Waals surface area contributed by atoms with E-state index in [-0.39, 0.29) is 6.42 Å². The first-order valence-corrected chi connectivity index (χ1v) is 17.5. The van der Waals surface area contributed by atoms with Gasteiger partial charge in [-0.25, -0.2) is 14.4 Å². The van der Waals surface area contributed by atoms with Gasteiger partial charge in [0.15, 0.2) is 5.67 Å². The Labute approximate surface area is 294 Å². The molecular weight excluding hydrogens is 626 g/mol. The molecule has 3 aliphatic rings. The maximum atomic E-state index is 17.9. The molecule has 2 bridgehead atoms. The van der Waals surface area contributed by atoms with E-state index in [9.17, 15) is 0 Å². The largest absolute Gasteiger partial charge is 0.309 e. The lowest BCUT2D eigenvalue weighted by Gasteiger charge is -2.43. The third kappa shape index (κ3) is 3.71. The average Bonchev–Trinajstić information content (AvgIpc) is 3.42. The molecule has 0 amide bonds. The number of hydrogen-bond acceptors (Lipinski definition) is 2. The number of hydrogen-bond donors (Lipinski definition) is 0. The van der Waals surface area contributed by atoms with Crippen molar-refractivity contribution >= 4 is 32.7 Å². The zero-order chi connectivity index (χ0) is 33.7. The lowest BCUT2D eigenvalue weighted by atomic mass is 9.61. The van der Waals surface area contributed by atoms with Crippen molar-refractivity contribution < 1.29 is 4.39 Å². The summed E-state index contributed by atoms with van der Waals surface area (Å²) in [5.41, 5.74) is 8.71. The molecule has 51 heavy (non-hydrogen) atoms. The number of halogens is 1. The normalized spacial score (nSPS) is 18.8. The Morgan fingerprint density at radius 3 is 1.84 bits per heavy atom. The molecule has 0 atom stereocenters. The molecule has 4 heteroatoms. The third-order valence-corrected chi connectivity index (χ3v) is 11.3. The van der Waals surface area contributed by atoms with Crippen LogP contribution in [0.15, 0.2) is 170 Å². The molecule has 0 unspecified atom stereocenters. The van der Waals surface area contributed by atoms with Gasteiger partial charge in [0.1, 0.15) is 11.2 Å². The monoisotopic (exact) mass is 655 g/mol. The quantitative estimate of drug-likeness (QED) is 0.190. The third-order valence-electron chi connectivity index (χ3n) is 11.3. The van der Waals surface area contributed by atoms with Crippen LogP contribution in [-0.2, 0) is 17.5 Å². The molecule has 0 saturated heterocycles. The molecule has 3 aliphatic carbocycles. The fourth-order valence-corrected chi connectivity index (χ4v) is 9.19. The van der Waals surface area contributed by atoms with Crippen LogP contribution in [0.4, 0.5) is 4.39 Å². The molecule has 0 saturated carbocycles. The standard InChI is InChI=1S/C47H30FN3/c48-46-29-31-14-4-7-19-36(31)47(39-22-10-8-20-37(39)46,40-23-11-9-21-38(40)46)45-49-41-24-12-5-18-34(41)44(50-45)30-26-27-43-35(28-30)33-17-6-13-25-42(33)51(43)32-15-2-1-3-16-32/h1-28H,29H2. The van der Waals surface area contributed by atoms with Crippen LogP contribution in [0.5, 0.6) is 0 Å². The zero-order valence-corrected chi connectivity index (χ0v) is 27.6. The van der Waals surface area contributed by atoms with Crippen LogP contribution in [-0.4, -0.2) is 14.5 Å². The summed E-state index contributed by atoms with van der Waals surface area (Å²) in [6, 6.07) is 58.4. The van der Waals surface area contributed by atoms with Crippen LogP contribution < -0.4 is 0 Å². The van der Waals surface area contributed by atoms with Crippen LogP contribution in [0.2, 0.25) is 0 Å². The molecule has 0 fully saturated rings. The van der Waals surface area contributed by atoms with Gasteiger partial charge in [-0.05, 0) is 69.8 Å². The first kappa shape index (κ1) is 28.4. The summed E-state index contributed by atoms with van der Waals surface area (Å²) in [7, 11) is 0. The summed E-state index contributed by atoms with van der Waals surface area (Å²) in [6.45, 7) is 0. The van der Waals surface area contributed by atoms with Crippen molar-refractivity contribution in [3.05, 3.63) is 209 Å². The summed E-state index contributed by atoms with van der Waals surface area (Å²) in [6.07, 6.45) is 0.252. The Morgan fingerprint density at radius 1 is 0.490 bits per heavy atom. The minimum atomic E-state index is -1.68. The van der Waals surface area contributed by atoms with E-state index in [1.807, 2.05) is 48.5 Å². The van der Waals surface area contributed by atoms with Gasteiger partial charge in [-0.3, -0.25) is 0 Å². The summed E-state index contributed by atoms with van der Waals surface area (Å²) in [5.74, 6) is 0.652. The topological polar surface area (TPSA) is 30.7 Å². The summed E-state index contributed by atoms with van der Waals surface area (Å²) >= 11 is 0. The van der Waals surface area contributed by atoms with Crippen molar-refractivity contribution in [2.24, 2.45) is 0 Å². The van der Waals surface area contributed by atoms with E-state index >= 15 is 4.39 Å². The molecule has 0 radical (unpaired) electrons. The molecule has 7 aromatic carbocycles. The van der Waals surface area contributed by atoms with Crippen LogP contribution in [0, 0.1) is 0 Å². The molecule has 2 aromatic heterocycles. The zero-order valence-electron chi connectivity index (χ0n) is 27.6. The predicted octanol–water partition coefficient (Wildman–Crippen LogP) is 10.9. The van der Waals surface area contributed by atoms with Gasteiger partial charge in [-0.15, -0.1) is 0 Å². The first-order valence-electron chi connectivity index (χ1n) is 17.5. The van der Waals surface area contributed by atoms with Gasteiger partial charge in [0.25, 0.3) is 0 Å². The van der Waals surface area contributed by atoms with E-state index in [1.54, 1.807) is 0 Å². The number of benzene rings is 7. The molecule has 2 heterocycles. The van der Waals surface area contributed by atoms with Gasteiger partial charge >= 0.3 is 0 Å². The van der Waals surface area contributed by atoms with Crippen LogP contribution >= 0.6 is 0 Å². The number of alkyl halides is 1. The van der Waals surface area contributed by atoms with E-state index in [4.69, 9.17) is 9.97 Å². The van der Waals surface area contributed by atoms with Crippen LogP contribution in [0.3, 0.4) is 0 Å². The lowest BCUT2D eigenvalue weighted by Crippen LogP contribution is -2.41. The Kier molecular flexibility index (Phi) is 5.75. The van der Waals surface area contributed by atoms with E-state index in [2.05, 4.69) is 126 Å². The predicted molar refractivity (Wildman–Crippen MR) is 203 cm³/mol. The second-order valence-corrected chi connectivity index (χ2v) is 13.8. The highest BCUT2D eigenvalue weighted by Gasteiger charge is 2.57. The van der Waals surface area contributed by atoms with Gasteiger partial charge in [-0.1, -0.05) is 133 Å². The smallest absolute Gasteiger partial charge is 0.165 e. The highest BCUT2D eigenvalue weighted by molar-refractivity contribution is 6.11. The Hall–Kier alpha value is -6.39. The Bertz CT molecular complexity index is 2820. The number of rotatable bonds is 3. The van der Waals surface area contributed by atoms with Crippen molar-refractivity contribution in [2.45, 2.75) is 17.5 Å². The molecule has 240 valence electrons. The SMILES string of the molecule is FC12Cc3ccccc3C(c3nc(-c4ccc5c(c4)c4ccccc4n5-c4ccccc4)c4ccccc4n3)(c3ccccc31)c1ccccc12. The number of aromatic nitrogens is 3. The van der Waals surface area contributed by atoms with Crippen molar-refractivity contribution in [2.75, 3.05) is 0 Å². The summed E-state index contributed by atoms with van der Waals surface area (Å²) in [5, 5.41) is 3.31. The number of nitrogens with zero attached hydrogens (tertiary/aromatic N) is 3. The van der Waals surface area contributed by atoms with Crippen LogP contribution in [0.1, 0.15) is 39.2 Å². The van der Waals surface area contributed by atoms with E-state index in [0.717, 1.165) is 66.5 Å². The minimum absolute atomic E-state index is 0.252. The number of fused-ring (bicyclic) bond motifs is 4. The Balaban J connectivity index is 1.25. The van der Waals surface area contributed by atoms with Gasteiger partial charge < -0.3 is 4.57 Å². The molecule has 0 spiro atoms. The maximum Gasteiger partial charge on any atom is 0.165 e. The highest BCUT2D eigenvalue weighted by Crippen LogP contribution is 2.60. The fraction of sp³-hybridized carbons (Fsp3) is 0.0638. The first-order chi connectivity index (χ1) is 25.2. The van der Waals surface area contributed by atoms with Crippen molar-refractivity contribution in [3.63, 3.8) is 0 Å². The van der Waals surface area contributed by atoms with Crippen molar-refractivity contribution in [3.8, 4) is 16.9 Å². The van der Waals surface area contributed by atoms with E-state index in [0.29, 0.717) is 17.0 Å². The van der Waals surface area contributed by atoms with Crippen LogP contribution in [0.25, 0.3) is 49.7 Å². The minimum Gasteiger partial charge on any atom is -0.309 e. The second-order valence-electron chi connectivity index (χ2n) is 13.8. The molecule has 12 rings (SSSR count). The van der Waals surface area contributed by atoms with Crippen molar-refractivity contribution in [1.29, 1.82) is 0 Å². The van der Waals surface area contributed by atoms with Gasteiger partial charge in [0.2, 0.25) is 0 Å². The molecule has 0 aliphatic heterocycles. The molecule has 0 N–H and O–H groups in total. The van der Waals surface area contributed by atoms with Gasteiger partial charge in [-0.2, -0.15) is 0 Å². The van der Waals surface area contributed by atoms with E-state index < -0.39 is 11.1 Å². The summed E-state index contributed by atoms with van der Waals surface area (Å²) in [4.78, 5) is 11.1. The number of para-hydroxylation sites is 3. The van der Waals surface area contributed by atoms with Crippen molar-refractivity contribution in [1.82, 2.24) is 14.5 Å². The van der Waals surface area contributed by atoms with E-state index in [1.165, 1.54) is 5.39 Å². The Morgan fingerprint density at radius 2 is 1.08 bits per heavy atom. The highest BCUT2D eigenvalue weighted by atomic mass is 19.1. The summed E-state index contributed by atoms with van der Waals surface area (Å²) < 4.78 is 20.2. The average molecular weight is 656 g/mol. The second kappa shape index (κ2) is 10.3. The lowest BCUT2D eigenvalue weighted by molar-refractivity contribution is 0.215. The van der Waals surface area contributed by atoms with Gasteiger partial charge in [0, 0.05) is 33.8 Å². The maximum absolute atomic E-state index is 17.9. The molecule has 9 aromatic rings.